The van der Waals surface area contributed by atoms with E-state index in [1.165, 1.54) is 11.8 Å². The first-order valence-corrected chi connectivity index (χ1v) is 9.60. The van der Waals surface area contributed by atoms with Crippen molar-refractivity contribution >= 4 is 29.3 Å². The molecule has 0 saturated heterocycles. The van der Waals surface area contributed by atoms with Gasteiger partial charge in [-0.15, -0.1) is 11.8 Å². The highest BCUT2D eigenvalue weighted by atomic mass is 35.5. The van der Waals surface area contributed by atoms with Gasteiger partial charge in [-0.25, -0.2) is 0 Å². The molecule has 0 aromatic heterocycles. The lowest BCUT2D eigenvalue weighted by Crippen LogP contribution is -2.25. The Morgan fingerprint density at radius 1 is 1.08 bits per heavy atom. The molecule has 0 aliphatic rings. The maximum atomic E-state index is 11.9. The van der Waals surface area contributed by atoms with Crippen molar-refractivity contribution in [2.24, 2.45) is 0 Å². The van der Waals surface area contributed by atoms with Gasteiger partial charge < -0.3 is 19.5 Å². The summed E-state index contributed by atoms with van der Waals surface area (Å²) in [5.74, 6) is 3.02. The molecular formula is C19H22ClNO4S. The lowest BCUT2D eigenvalue weighted by Gasteiger charge is -2.10. The van der Waals surface area contributed by atoms with E-state index in [0.717, 1.165) is 5.56 Å². The molecule has 0 radical (unpaired) electrons. The maximum absolute atomic E-state index is 11.9. The van der Waals surface area contributed by atoms with E-state index in [1.54, 1.807) is 20.3 Å². The first kappa shape index (κ1) is 20.3. The zero-order valence-corrected chi connectivity index (χ0v) is 16.4. The van der Waals surface area contributed by atoms with Crippen LogP contribution in [0, 0.1) is 0 Å². The molecule has 5 nitrogen and oxygen atoms in total. The molecule has 2 rings (SSSR count). The van der Waals surface area contributed by atoms with Crippen LogP contribution in [0.1, 0.15) is 5.56 Å². The molecule has 0 aliphatic carbocycles. The smallest absolute Gasteiger partial charge is 0.230 e. The highest BCUT2D eigenvalue weighted by molar-refractivity contribution is 7.99. The van der Waals surface area contributed by atoms with Gasteiger partial charge in [0.2, 0.25) is 5.91 Å². The van der Waals surface area contributed by atoms with E-state index < -0.39 is 0 Å². The molecular weight excluding hydrogens is 374 g/mol. The van der Waals surface area contributed by atoms with Gasteiger partial charge in [0.15, 0.2) is 11.5 Å². The Labute approximate surface area is 163 Å². The predicted molar refractivity (Wildman–Crippen MR) is 106 cm³/mol. The van der Waals surface area contributed by atoms with Crippen molar-refractivity contribution in [3.05, 3.63) is 53.1 Å². The lowest BCUT2D eigenvalue weighted by molar-refractivity contribution is -0.118. The average Bonchev–Trinajstić information content (AvgIpc) is 2.67. The number of benzene rings is 2. The minimum atomic E-state index is -0.0254. The molecule has 1 amide bonds. The Kier molecular flexibility index (Phi) is 8.44. The van der Waals surface area contributed by atoms with Gasteiger partial charge in [-0.1, -0.05) is 29.8 Å². The van der Waals surface area contributed by atoms with E-state index >= 15 is 0 Å². The number of ether oxygens (including phenoxy) is 3. The van der Waals surface area contributed by atoms with Gasteiger partial charge in [0.05, 0.1) is 31.6 Å². The number of halogens is 1. The number of methoxy groups -OCH3 is 2. The van der Waals surface area contributed by atoms with Crippen LogP contribution < -0.4 is 19.5 Å². The molecule has 140 valence electrons. The van der Waals surface area contributed by atoms with Crippen molar-refractivity contribution in [2.45, 2.75) is 6.54 Å². The van der Waals surface area contributed by atoms with Gasteiger partial charge in [0.1, 0.15) is 5.75 Å². The molecule has 2 aromatic rings. The Balaban J connectivity index is 1.65. The molecule has 26 heavy (non-hydrogen) atoms. The summed E-state index contributed by atoms with van der Waals surface area (Å²) in [6.45, 7) is 0.938. The number of amides is 1. The molecule has 0 heterocycles. The molecule has 0 atom stereocenters. The summed E-state index contributed by atoms with van der Waals surface area (Å²) < 4.78 is 16.0. The summed E-state index contributed by atoms with van der Waals surface area (Å²) in [6, 6.07) is 12.9. The van der Waals surface area contributed by atoms with Crippen molar-refractivity contribution in [3.8, 4) is 17.2 Å². The molecule has 0 spiro atoms. The number of carbonyl (C=O) groups excluding carboxylic acids is 1. The number of rotatable bonds is 10. The Bertz CT molecular complexity index is 726. The average molecular weight is 396 g/mol. The molecule has 2 aromatic carbocycles. The molecule has 0 fully saturated rings. The van der Waals surface area contributed by atoms with Crippen LogP contribution in [0.3, 0.4) is 0 Å². The molecule has 0 unspecified atom stereocenters. The second-order valence-electron chi connectivity index (χ2n) is 5.30. The molecule has 0 bridgehead atoms. The van der Waals surface area contributed by atoms with E-state index in [-0.39, 0.29) is 5.91 Å². The summed E-state index contributed by atoms with van der Waals surface area (Å²) in [5, 5.41) is 3.48. The van der Waals surface area contributed by atoms with E-state index in [2.05, 4.69) is 5.32 Å². The second-order valence-corrected chi connectivity index (χ2v) is 6.81. The predicted octanol–water partition coefficient (Wildman–Crippen LogP) is 3.79. The van der Waals surface area contributed by atoms with Crippen molar-refractivity contribution in [1.82, 2.24) is 5.32 Å². The largest absolute Gasteiger partial charge is 0.493 e. The fourth-order valence-electron chi connectivity index (χ4n) is 2.18. The van der Waals surface area contributed by atoms with Crippen LogP contribution in [-0.2, 0) is 11.3 Å². The molecule has 0 saturated carbocycles. The van der Waals surface area contributed by atoms with Gasteiger partial charge in [0, 0.05) is 12.3 Å². The Hall–Kier alpha value is -2.05. The number of para-hydroxylation sites is 1. The van der Waals surface area contributed by atoms with E-state index in [1.807, 2.05) is 36.4 Å². The standard InChI is InChI=1S/C19H22ClNO4S/c1-23-17-8-7-14(11-18(17)24-2)12-21-19(22)13-26-10-9-25-16-6-4-3-5-15(16)20/h3-8,11H,9-10,12-13H2,1-2H3,(H,21,22). The highest BCUT2D eigenvalue weighted by Gasteiger charge is 2.06. The second kappa shape index (κ2) is 10.8. The maximum Gasteiger partial charge on any atom is 0.230 e. The van der Waals surface area contributed by atoms with Crippen LogP contribution in [0.2, 0.25) is 5.02 Å². The van der Waals surface area contributed by atoms with Gasteiger partial charge in [0.25, 0.3) is 0 Å². The summed E-state index contributed by atoms with van der Waals surface area (Å²) in [7, 11) is 3.17. The van der Waals surface area contributed by atoms with Crippen LogP contribution in [0.15, 0.2) is 42.5 Å². The molecule has 1 N–H and O–H groups in total. The first-order valence-electron chi connectivity index (χ1n) is 8.06. The molecule has 7 heteroatoms. The number of nitrogens with one attached hydrogen (secondary N) is 1. The SMILES string of the molecule is COc1ccc(CNC(=O)CSCCOc2ccccc2Cl)cc1OC. The van der Waals surface area contributed by atoms with Gasteiger partial charge in [-0.3, -0.25) is 4.79 Å². The number of thioether (sulfide) groups is 1. The third-order valence-electron chi connectivity index (χ3n) is 3.49. The number of hydrogen-bond acceptors (Lipinski definition) is 5. The fourth-order valence-corrected chi connectivity index (χ4v) is 3.00. The Morgan fingerprint density at radius 2 is 1.85 bits per heavy atom. The minimum absolute atomic E-state index is 0.0254. The zero-order chi connectivity index (χ0) is 18.8. The first-order chi connectivity index (χ1) is 12.6. The normalized spacial score (nSPS) is 10.3. The Morgan fingerprint density at radius 3 is 2.58 bits per heavy atom. The number of hydrogen-bond donors (Lipinski definition) is 1. The fraction of sp³-hybridized carbons (Fsp3) is 0.316. The van der Waals surface area contributed by atoms with E-state index in [0.29, 0.717) is 46.9 Å². The van der Waals surface area contributed by atoms with Gasteiger partial charge in [-0.2, -0.15) is 0 Å². The van der Waals surface area contributed by atoms with E-state index in [4.69, 9.17) is 25.8 Å². The van der Waals surface area contributed by atoms with Crippen LogP contribution in [-0.4, -0.2) is 38.2 Å². The zero-order valence-electron chi connectivity index (χ0n) is 14.8. The van der Waals surface area contributed by atoms with E-state index in [9.17, 15) is 4.79 Å². The van der Waals surface area contributed by atoms with Crippen molar-refractivity contribution < 1.29 is 19.0 Å². The van der Waals surface area contributed by atoms with Crippen LogP contribution in [0.4, 0.5) is 0 Å². The molecule has 0 aliphatic heterocycles. The summed E-state index contributed by atoms with van der Waals surface area (Å²) in [4.78, 5) is 11.9. The quantitative estimate of drug-likeness (QED) is 0.620. The monoisotopic (exact) mass is 395 g/mol. The minimum Gasteiger partial charge on any atom is -0.493 e. The topological polar surface area (TPSA) is 56.8 Å². The third-order valence-corrected chi connectivity index (χ3v) is 4.73. The number of carbonyl (C=O) groups is 1. The van der Waals surface area contributed by atoms with Crippen LogP contribution in [0.5, 0.6) is 17.2 Å². The van der Waals surface area contributed by atoms with Crippen molar-refractivity contribution in [3.63, 3.8) is 0 Å². The van der Waals surface area contributed by atoms with Crippen molar-refractivity contribution in [2.75, 3.05) is 32.3 Å². The summed E-state index contributed by atoms with van der Waals surface area (Å²) >= 11 is 7.53. The van der Waals surface area contributed by atoms with Crippen molar-refractivity contribution in [1.29, 1.82) is 0 Å². The highest BCUT2D eigenvalue weighted by Crippen LogP contribution is 2.27. The lowest BCUT2D eigenvalue weighted by atomic mass is 10.2. The van der Waals surface area contributed by atoms with Gasteiger partial charge >= 0.3 is 0 Å². The summed E-state index contributed by atoms with van der Waals surface area (Å²) in [5.41, 5.74) is 0.947. The van der Waals surface area contributed by atoms with Crippen LogP contribution in [0.25, 0.3) is 0 Å². The third kappa shape index (κ3) is 6.35. The van der Waals surface area contributed by atoms with Crippen LogP contribution >= 0.6 is 23.4 Å². The summed E-state index contributed by atoms with van der Waals surface area (Å²) in [6.07, 6.45) is 0. The van der Waals surface area contributed by atoms with Gasteiger partial charge in [-0.05, 0) is 29.8 Å².